The van der Waals surface area contributed by atoms with E-state index in [9.17, 15) is 5.11 Å². The van der Waals surface area contributed by atoms with Gasteiger partial charge in [-0.3, -0.25) is 0 Å². The van der Waals surface area contributed by atoms with Crippen molar-refractivity contribution < 1.29 is 5.11 Å². The monoisotopic (exact) mass is 184 g/mol. The molecule has 0 aliphatic carbocycles. The number of nitrogens with zero attached hydrogens (tertiary/aromatic N) is 2. The van der Waals surface area contributed by atoms with Crippen molar-refractivity contribution in [1.29, 1.82) is 0 Å². The molecular formula is C10H20N2O. The van der Waals surface area contributed by atoms with Crippen molar-refractivity contribution in [2.75, 3.05) is 26.2 Å². The summed E-state index contributed by atoms with van der Waals surface area (Å²) < 4.78 is 0. The Morgan fingerprint density at radius 1 is 0.846 bits per heavy atom. The number of β-amino-alcohol motifs (C(OH)–C–C–N with tert-alkyl or cyclic N) is 1. The normalized spacial score (nSPS) is 33.5. The van der Waals surface area contributed by atoms with Crippen LogP contribution in [-0.2, 0) is 0 Å². The Hall–Kier alpha value is -0.120. The second-order valence-corrected chi connectivity index (χ2v) is 4.22. The Kier molecular flexibility index (Phi) is 3.19. The van der Waals surface area contributed by atoms with Gasteiger partial charge >= 0.3 is 0 Å². The maximum absolute atomic E-state index is 9.54. The summed E-state index contributed by atoms with van der Waals surface area (Å²) in [5.74, 6) is 0. The van der Waals surface area contributed by atoms with Gasteiger partial charge in [0.05, 0.1) is 6.10 Å². The summed E-state index contributed by atoms with van der Waals surface area (Å²) in [5.41, 5.74) is 0. The molecule has 2 rings (SSSR count). The van der Waals surface area contributed by atoms with E-state index in [4.69, 9.17) is 0 Å². The molecule has 13 heavy (non-hydrogen) atoms. The van der Waals surface area contributed by atoms with E-state index in [0.29, 0.717) is 0 Å². The summed E-state index contributed by atoms with van der Waals surface area (Å²) in [6.07, 6.45) is 6.09. The van der Waals surface area contributed by atoms with Crippen molar-refractivity contribution in [3.8, 4) is 0 Å². The molecule has 2 aliphatic rings. The Morgan fingerprint density at radius 2 is 1.54 bits per heavy atom. The summed E-state index contributed by atoms with van der Waals surface area (Å²) in [6.45, 7) is 4.41. The molecule has 1 atom stereocenters. The van der Waals surface area contributed by atoms with Gasteiger partial charge in [-0.25, -0.2) is 10.0 Å². The third-order valence-electron chi connectivity index (χ3n) is 3.11. The first-order valence-corrected chi connectivity index (χ1v) is 5.54. The zero-order valence-corrected chi connectivity index (χ0v) is 8.28. The van der Waals surface area contributed by atoms with Crippen molar-refractivity contribution in [1.82, 2.24) is 10.0 Å². The number of hydrazine groups is 1. The van der Waals surface area contributed by atoms with Gasteiger partial charge in [0, 0.05) is 26.2 Å². The minimum atomic E-state index is -0.0873. The van der Waals surface area contributed by atoms with Gasteiger partial charge in [0.25, 0.3) is 0 Å². The van der Waals surface area contributed by atoms with Crippen LogP contribution in [0.5, 0.6) is 0 Å². The zero-order chi connectivity index (χ0) is 9.10. The molecule has 2 aliphatic heterocycles. The highest BCUT2D eigenvalue weighted by molar-refractivity contribution is 4.72. The largest absolute Gasteiger partial charge is 0.392 e. The number of piperidine rings is 2. The Bertz CT molecular complexity index is 157. The highest BCUT2D eigenvalue weighted by Gasteiger charge is 2.23. The Morgan fingerprint density at radius 3 is 2.23 bits per heavy atom. The molecule has 2 heterocycles. The predicted molar refractivity (Wildman–Crippen MR) is 52.2 cm³/mol. The highest BCUT2D eigenvalue weighted by Crippen LogP contribution is 2.16. The number of aliphatic hydroxyl groups excluding tert-OH is 1. The van der Waals surface area contributed by atoms with E-state index in [-0.39, 0.29) is 6.10 Å². The second-order valence-electron chi connectivity index (χ2n) is 4.22. The van der Waals surface area contributed by atoms with E-state index < -0.39 is 0 Å². The zero-order valence-electron chi connectivity index (χ0n) is 8.28. The number of hydrogen-bond acceptors (Lipinski definition) is 3. The fourth-order valence-electron chi connectivity index (χ4n) is 2.35. The van der Waals surface area contributed by atoms with Crippen LogP contribution in [-0.4, -0.2) is 47.4 Å². The van der Waals surface area contributed by atoms with Crippen LogP contribution in [0, 0.1) is 0 Å². The van der Waals surface area contributed by atoms with Gasteiger partial charge < -0.3 is 5.11 Å². The van der Waals surface area contributed by atoms with Crippen molar-refractivity contribution >= 4 is 0 Å². The summed E-state index contributed by atoms with van der Waals surface area (Å²) in [6, 6.07) is 0. The number of hydrogen-bond donors (Lipinski definition) is 1. The standard InChI is InChI=1S/C10H20N2O/c13-10-5-4-8-12(9-10)11-6-2-1-3-7-11/h10,13H,1-9H2. The molecule has 1 N–H and O–H groups in total. The van der Waals surface area contributed by atoms with E-state index in [1.165, 1.54) is 32.4 Å². The molecule has 0 amide bonds. The van der Waals surface area contributed by atoms with Crippen LogP contribution < -0.4 is 0 Å². The molecule has 3 heteroatoms. The first kappa shape index (κ1) is 9.44. The molecule has 0 bridgehead atoms. The number of rotatable bonds is 1. The van der Waals surface area contributed by atoms with Crippen LogP contribution in [0.1, 0.15) is 32.1 Å². The van der Waals surface area contributed by atoms with Gasteiger partial charge in [0.2, 0.25) is 0 Å². The fourth-order valence-corrected chi connectivity index (χ4v) is 2.35. The molecule has 0 spiro atoms. The van der Waals surface area contributed by atoms with Gasteiger partial charge in [0.15, 0.2) is 0 Å². The topological polar surface area (TPSA) is 26.7 Å². The number of aliphatic hydroxyl groups is 1. The molecule has 76 valence electrons. The molecule has 0 aromatic carbocycles. The summed E-state index contributed by atoms with van der Waals surface area (Å²) in [4.78, 5) is 0. The summed E-state index contributed by atoms with van der Waals surface area (Å²) in [5, 5.41) is 14.3. The molecule has 0 radical (unpaired) electrons. The van der Waals surface area contributed by atoms with Gasteiger partial charge in [-0.15, -0.1) is 0 Å². The minimum Gasteiger partial charge on any atom is -0.392 e. The fraction of sp³-hybridized carbons (Fsp3) is 1.00. The van der Waals surface area contributed by atoms with Crippen LogP contribution in [0.4, 0.5) is 0 Å². The maximum atomic E-state index is 9.54. The second kappa shape index (κ2) is 4.40. The quantitative estimate of drug-likeness (QED) is 0.654. The SMILES string of the molecule is OC1CCCN(N2CCCCC2)C1. The van der Waals surface area contributed by atoms with Crippen LogP contribution in [0.3, 0.4) is 0 Å². The van der Waals surface area contributed by atoms with Gasteiger partial charge in [-0.1, -0.05) is 6.42 Å². The van der Waals surface area contributed by atoms with Gasteiger partial charge in [-0.05, 0) is 25.7 Å². The van der Waals surface area contributed by atoms with Crippen LogP contribution >= 0.6 is 0 Å². The average Bonchev–Trinajstić information content (AvgIpc) is 2.19. The molecule has 2 fully saturated rings. The summed E-state index contributed by atoms with van der Waals surface area (Å²) in [7, 11) is 0. The van der Waals surface area contributed by atoms with Crippen molar-refractivity contribution in [2.24, 2.45) is 0 Å². The van der Waals surface area contributed by atoms with Gasteiger partial charge in [0.1, 0.15) is 0 Å². The van der Waals surface area contributed by atoms with E-state index in [1.807, 2.05) is 0 Å². The van der Waals surface area contributed by atoms with Crippen molar-refractivity contribution in [2.45, 2.75) is 38.2 Å². The minimum absolute atomic E-state index is 0.0873. The van der Waals surface area contributed by atoms with E-state index in [2.05, 4.69) is 10.0 Å². The molecule has 0 aromatic heterocycles. The van der Waals surface area contributed by atoms with E-state index in [0.717, 1.165) is 25.9 Å². The maximum Gasteiger partial charge on any atom is 0.0681 e. The lowest BCUT2D eigenvalue weighted by molar-refractivity contribution is -0.0847. The molecular weight excluding hydrogens is 164 g/mol. The Balaban J connectivity index is 1.83. The first-order chi connectivity index (χ1) is 6.36. The van der Waals surface area contributed by atoms with Crippen LogP contribution in [0.25, 0.3) is 0 Å². The first-order valence-electron chi connectivity index (χ1n) is 5.54. The molecule has 0 aromatic rings. The van der Waals surface area contributed by atoms with Crippen molar-refractivity contribution in [3.63, 3.8) is 0 Å². The lowest BCUT2D eigenvalue weighted by Gasteiger charge is -2.41. The lowest BCUT2D eigenvalue weighted by Crippen LogP contribution is -2.51. The van der Waals surface area contributed by atoms with Gasteiger partial charge in [-0.2, -0.15) is 0 Å². The Labute approximate surface area is 80.3 Å². The predicted octanol–water partition coefficient (Wildman–Crippen LogP) is 0.844. The highest BCUT2D eigenvalue weighted by atomic mass is 16.3. The third-order valence-corrected chi connectivity index (χ3v) is 3.11. The third kappa shape index (κ3) is 2.42. The van der Waals surface area contributed by atoms with Crippen LogP contribution in [0.2, 0.25) is 0 Å². The lowest BCUT2D eigenvalue weighted by atomic mass is 10.1. The molecule has 2 saturated heterocycles. The van der Waals surface area contributed by atoms with Crippen LogP contribution in [0.15, 0.2) is 0 Å². The summed E-state index contributed by atoms with van der Waals surface area (Å²) >= 11 is 0. The molecule has 1 unspecified atom stereocenters. The molecule has 3 nitrogen and oxygen atoms in total. The smallest absolute Gasteiger partial charge is 0.0681 e. The van der Waals surface area contributed by atoms with E-state index in [1.54, 1.807) is 0 Å². The average molecular weight is 184 g/mol. The van der Waals surface area contributed by atoms with E-state index >= 15 is 0 Å². The molecule has 0 saturated carbocycles. The van der Waals surface area contributed by atoms with Crippen molar-refractivity contribution in [3.05, 3.63) is 0 Å².